The van der Waals surface area contributed by atoms with E-state index >= 15 is 0 Å². The van der Waals surface area contributed by atoms with Crippen molar-refractivity contribution in [1.82, 2.24) is 4.90 Å². The van der Waals surface area contributed by atoms with Gasteiger partial charge in [0.25, 0.3) is 0 Å². The molecule has 1 N–H and O–H groups in total. The summed E-state index contributed by atoms with van der Waals surface area (Å²) in [5.41, 5.74) is 2.97. The Labute approximate surface area is 179 Å². The summed E-state index contributed by atoms with van der Waals surface area (Å²) in [6.45, 7) is 1.20. The summed E-state index contributed by atoms with van der Waals surface area (Å²) in [4.78, 5) is 2.23. The molecule has 1 heterocycles. The van der Waals surface area contributed by atoms with Crippen molar-refractivity contribution in [1.29, 1.82) is 0 Å². The van der Waals surface area contributed by atoms with E-state index in [0.717, 1.165) is 30.7 Å². The number of nitrogens with zero attached hydrogens (tertiary/aromatic N) is 1. The van der Waals surface area contributed by atoms with Crippen LogP contribution in [0.5, 0.6) is 5.75 Å². The Balaban J connectivity index is 1.44. The molecule has 0 unspecified atom stereocenters. The number of aliphatic hydroxyl groups is 1. The molecule has 162 valence electrons. The lowest BCUT2D eigenvalue weighted by Gasteiger charge is -2.38. The Bertz CT molecular complexity index is 990. The number of hydrogen-bond acceptors (Lipinski definition) is 3. The van der Waals surface area contributed by atoms with Gasteiger partial charge in [-0.2, -0.15) is 13.2 Å². The number of hydrogen-bond donors (Lipinski definition) is 1. The first-order valence-electron chi connectivity index (χ1n) is 10.3. The molecule has 0 amide bonds. The summed E-state index contributed by atoms with van der Waals surface area (Å²) >= 11 is 0. The predicted molar refractivity (Wildman–Crippen MR) is 113 cm³/mol. The molecule has 4 rings (SSSR count). The lowest BCUT2D eigenvalue weighted by atomic mass is 9.88. The van der Waals surface area contributed by atoms with Gasteiger partial charge in [-0.1, -0.05) is 54.6 Å². The highest BCUT2D eigenvalue weighted by atomic mass is 19.4. The van der Waals surface area contributed by atoms with E-state index in [4.69, 9.17) is 4.74 Å². The Morgan fingerprint density at radius 2 is 1.61 bits per heavy atom. The zero-order valence-electron chi connectivity index (χ0n) is 16.9. The van der Waals surface area contributed by atoms with Gasteiger partial charge in [0.2, 0.25) is 0 Å². The van der Waals surface area contributed by atoms with Gasteiger partial charge in [0.1, 0.15) is 18.5 Å². The normalized spacial score (nSPS) is 17.7. The van der Waals surface area contributed by atoms with Crippen LogP contribution in [0, 0.1) is 0 Å². The van der Waals surface area contributed by atoms with Crippen molar-refractivity contribution < 1.29 is 23.0 Å². The molecule has 3 aromatic carbocycles. The van der Waals surface area contributed by atoms with Gasteiger partial charge in [0, 0.05) is 13.1 Å². The molecule has 6 heteroatoms. The standard InChI is InChI=1S/C25H24F3NO2/c26-25(27,28)20-10-12-22(13-11-20)31-17-21(30)16-29-15-14-18-6-4-5-9-23(18)24(29)19-7-2-1-3-8-19/h1-13,21,24,30H,14-17H2/t21-,24-/m1/s1. The molecule has 2 atom stereocenters. The van der Waals surface area contributed by atoms with Crippen LogP contribution >= 0.6 is 0 Å². The van der Waals surface area contributed by atoms with E-state index in [0.29, 0.717) is 12.3 Å². The van der Waals surface area contributed by atoms with Gasteiger partial charge < -0.3 is 9.84 Å². The maximum absolute atomic E-state index is 12.7. The number of benzene rings is 3. The molecule has 3 aromatic rings. The fraction of sp³-hybridized carbons (Fsp3) is 0.280. The van der Waals surface area contributed by atoms with Crippen LogP contribution in [0.25, 0.3) is 0 Å². The topological polar surface area (TPSA) is 32.7 Å². The van der Waals surface area contributed by atoms with Crippen LogP contribution in [0.4, 0.5) is 13.2 Å². The third kappa shape index (κ3) is 5.09. The molecule has 0 bridgehead atoms. The van der Waals surface area contributed by atoms with Crippen LogP contribution in [-0.4, -0.2) is 35.8 Å². The number of fused-ring (bicyclic) bond motifs is 1. The van der Waals surface area contributed by atoms with E-state index in [1.54, 1.807) is 0 Å². The van der Waals surface area contributed by atoms with Crippen molar-refractivity contribution in [3.05, 3.63) is 101 Å². The number of alkyl halides is 3. The minimum Gasteiger partial charge on any atom is -0.491 e. The summed E-state index contributed by atoms with van der Waals surface area (Å²) in [5.74, 6) is 0.302. The van der Waals surface area contributed by atoms with Gasteiger partial charge >= 0.3 is 6.18 Å². The molecular weight excluding hydrogens is 403 g/mol. The molecule has 31 heavy (non-hydrogen) atoms. The molecule has 1 aliphatic rings. The van der Waals surface area contributed by atoms with Crippen molar-refractivity contribution in [2.45, 2.75) is 24.7 Å². The van der Waals surface area contributed by atoms with Gasteiger partial charge in [-0.3, -0.25) is 4.90 Å². The number of halogens is 3. The van der Waals surface area contributed by atoms with Gasteiger partial charge in [0.15, 0.2) is 0 Å². The molecule has 3 nitrogen and oxygen atoms in total. The number of ether oxygens (including phenoxy) is 1. The summed E-state index contributed by atoms with van der Waals surface area (Å²) in [5, 5.41) is 10.6. The average Bonchev–Trinajstić information content (AvgIpc) is 2.78. The maximum Gasteiger partial charge on any atom is 0.416 e. The van der Waals surface area contributed by atoms with Crippen molar-refractivity contribution >= 4 is 0 Å². The third-order valence-electron chi connectivity index (χ3n) is 5.57. The van der Waals surface area contributed by atoms with E-state index in [-0.39, 0.29) is 12.6 Å². The Morgan fingerprint density at radius 3 is 2.32 bits per heavy atom. The smallest absolute Gasteiger partial charge is 0.416 e. The summed E-state index contributed by atoms with van der Waals surface area (Å²) in [6, 6.07) is 23.1. The van der Waals surface area contributed by atoms with Crippen molar-refractivity contribution in [3.63, 3.8) is 0 Å². The predicted octanol–water partition coefficient (Wildman–Crippen LogP) is 5.09. The van der Waals surface area contributed by atoms with Crippen LogP contribution in [0.2, 0.25) is 0 Å². The van der Waals surface area contributed by atoms with Gasteiger partial charge in [-0.25, -0.2) is 0 Å². The van der Waals surface area contributed by atoms with E-state index in [9.17, 15) is 18.3 Å². The second-order valence-corrected chi connectivity index (χ2v) is 7.74. The second-order valence-electron chi connectivity index (χ2n) is 7.74. The third-order valence-corrected chi connectivity index (χ3v) is 5.57. The number of β-amino-alcohol motifs (C(OH)–C–C–N with tert-alkyl or cyclic N) is 1. The molecule has 0 saturated heterocycles. The quantitative estimate of drug-likeness (QED) is 0.595. The number of aliphatic hydroxyl groups excluding tert-OH is 1. The second kappa shape index (κ2) is 9.12. The monoisotopic (exact) mass is 427 g/mol. The molecule has 0 aliphatic carbocycles. The Morgan fingerprint density at radius 1 is 0.935 bits per heavy atom. The zero-order chi connectivity index (χ0) is 21.8. The van der Waals surface area contributed by atoms with Gasteiger partial charge in [-0.05, 0) is 47.4 Å². The molecule has 0 radical (unpaired) electrons. The maximum atomic E-state index is 12.7. The highest BCUT2D eigenvalue weighted by Gasteiger charge is 2.31. The molecule has 1 aliphatic heterocycles. The van der Waals surface area contributed by atoms with E-state index in [1.807, 2.05) is 30.3 Å². The fourth-order valence-electron chi connectivity index (χ4n) is 4.10. The van der Waals surface area contributed by atoms with Crippen molar-refractivity contribution in [3.8, 4) is 5.75 Å². The highest BCUT2D eigenvalue weighted by molar-refractivity contribution is 5.39. The van der Waals surface area contributed by atoms with Crippen LogP contribution in [-0.2, 0) is 12.6 Å². The first-order valence-corrected chi connectivity index (χ1v) is 10.3. The van der Waals surface area contributed by atoms with Crippen LogP contribution in [0.15, 0.2) is 78.9 Å². The minimum absolute atomic E-state index is 0.00498. The zero-order valence-corrected chi connectivity index (χ0v) is 16.9. The first-order chi connectivity index (χ1) is 14.9. The molecule has 0 saturated carbocycles. The van der Waals surface area contributed by atoms with E-state index in [2.05, 4.69) is 29.2 Å². The summed E-state index contributed by atoms with van der Waals surface area (Å²) in [6.07, 6.45) is -4.26. The SMILES string of the molecule is O[C@@H](COc1ccc(C(F)(F)F)cc1)CN1CCc2ccccc2[C@H]1c1ccccc1. The molecule has 0 fully saturated rings. The summed E-state index contributed by atoms with van der Waals surface area (Å²) in [7, 11) is 0. The van der Waals surface area contributed by atoms with Crippen LogP contribution in [0.3, 0.4) is 0 Å². The van der Waals surface area contributed by atoms with Crippen LogP contribution < -0.4 is 4.74 Å². The lowest BCUT2D eigenvalue weighted by molar-refractivity contribution is -0.137. The Kier molecular flexibility index (Phi) is 6.30. The van der Waals surface area contributed by atoms with E-state index in [1.165, 1.54) is 23.3 Å². The molecule has 0 spiro atoms. The fourth-order valence-corrected chi connectivity index (χ4v) is 4.10. The molecule has 0 aromatic heterocycles. The first kappa shape index (κ1) is 21.4. The highest BCUT2D eigenvalue weighted by Crippen LogP contribution is 2.35. The largest absolute Gasteiger partial charge is 0.491 e. The average molecular weight is 427 g/mol. The van der Waals surface area contributed by atoms with Crippen LogP contribution in [0.1, 0.15) is 28.3 Å². The van der Waals surface area contributed by atoms with Crippen molar-refractivity contribution in [2.24, 2.45) is 0 Å². The summed E-state index contributed by atoms with van der Waals surface area (Å²) < 4.78 is 43.6. The van der Waals surface area contributed by atoms with Crippen molar-refractivity contribution in [2.75, 3.05) is 19.7 Å². The Hall–Kier alpha value is -2.83. The lowest BCUT2D eigenvalue weighted by Crippen LogP contribution is -2.42. The number of rotatable bonds is 6. The van der Waals surface area contributed by atoms with Gasteiger partial charge in [0.05, 0.1) is 11.6 Å². The van der Waals surface area contributed by atoms with Gasteiger partial charge in [-0.15, -0.1) is 0 Å². The minimum atomic E-state index is -4.38. The van der Waals surface area contributed by atoms with E-state index < -0.39 is 17.8 Å². The molecular formula is C25H24F3NO2.